The Morgan fingerprint density at radius 1 is 1.48 bits per heavy atom. The first-order valence-electron chi connectivity index (χ1n) is 7.56. The van der Waals surface area contributed by atoms with Crippen molar-refractivity contribution in [3.63, 3.8) is 0 Å². The molecule has 2 aromatic heterocycles. The Labute approximate surface area is 138 Å². The lowest BCUT2D eigenvalue weighted by Gasteiger charge is -2.27. The quantitative estimate of drug-likeness (QED) is 0.785. The summed E-state index contributed by atoms with van der Waals surface area (Å²) in [5.74, 6) is 0.398. The number of aliphatic hydroxyl groups is 1. The molecular weight excluding hydrogens is 316 g/mol. The van der Waals surface area contributed by atoms with Gasteiger partial charge in [-0.3, -0.25) is 9.48 Å². The Balaban J connectivity index is 1.68. The Morgan fingerprint density at radius 2 is 2.30 bits per heavy atom. The molecule has 0 spiro atoms. The minimum absolute atomic E-state index is 0.0665. The highest BCUT2D eigenvalue weighted by Crippen LogP contribution is 2.24. The van der Waals surface area contributed by atoms with E-state index in [1.165, 1.54) is 11.8 Å². The van der Waals surface area contributed by atoms with Crippen LogP contribution in [-0.4, -0.2) is 52.8 Å². The van der Waals surface area contributed by atoms with Gasteiger partial charge in [0.15, 0.2) is 5.16 Å². The molecule has 0 saturated heterocycles. The molecule has 124 valence electrons. The van der Waals surface area contributed by atoms with Gasteiger partial charge in [0, 0.05) is 44.4 Å². The van der Waals surface area contributed by atoms with E-state index in [9.17, 15) is 9.90 Å². The molecule has 0 saturated carbocycles. The third-order valence-corrected chi connectivity index (χ3v) is 5.03. The number of hydrogen-bond acceptors (Lipinski definition) is 6. The average Bonchev–Trinajstić information content (AvgIpc) is 3.14. The number of aryl methyl sites for hydroxylation is 2. The molecule has 1 aliphatic heterocycles. The molecule has 3 rings (SSSR count). The van der Waals surface area contributed by atoms with Crippen molar-refractivity contribution in [1.82, 2.24) is 29.4 Å². The maximum atomic E-state index is 12.4. The highest BCUT2D eigenvalue weighted by molar-refractivity contribution is 7.99. The molecule has 0 fully saturated rings. The highest BCUT2D eigenvalue weighted by atomic mass is 32.2. The lowest BCUT2D eigenvalue weighted by atomic mass is 10.1. The molecule has 0 aliphatic carbocycles. The number of amides is 1. The molecule has 8 nitrogen and oxygen atoms in total. The van der Waals surface area contributed by atoms with E-state index in [4.69, 9.17) is 0 Å². The van der Waals surface area contributed by atoms with Gasteiger partial charge in [0.25, 0.3) is 0 Å². The fraction of sp³-hybridized carbons (Fsp3) is 0.571. The van der Waals surface area contributed by atoms with Crippen LogP contribution in [0.1, 0.15) is 23.9 Å². The van der Waals surface area contributed by atoms with Crippen LogP contribution in [0.2, 0.25) is 0 Å². The number of thioether (sulfide) groups is 1. The van der Waals surface area contributed by atoms with Crippen molar-refractivity contribution in [2.24, 2.45) is 7.05 Å². The van der Waals surface area contributed by atoms with Crippen LogP contribution in [0.15, 0.2) is 11.5 Å². The van der Waals surface area contributed by atoms with Crippen LogP contribution in [0.4, 0.5) is 0 Å². The number of rotatable bonds is 5. The topological polar surface area (TPSA) is 89.1 Å². The lowest BCUT2D eigenvalue weighted by Crippen LogP contribution is -2.37. The zero-order valence-corrected chi connectivity index (χ0v) is 14.1. The number of nitrogens with zero attached hydrogens (tertiary/aromatic N) is 6. The van der Waals surface area contributed by atoms with Gasteiger partial charge in [0.05, 0.1) is 18.1 Å². The molecule has 0 aromatic carbocycles. The molecule has 9 heteroatoms. The van der Waals surface area contributed by atoms with Gasteiger partial charge < -0.3 is 14.6 Å². The number of carbonyl (C=O) groups is 1. The Bertz CT molecular complexity index is 710. The molecule has 1 amide bonds. The summed E-state index contributed by atoms with van der Waals surface area (Å²) in [5.41, 5.74) is 2.82. The third-order valence-electron chi connectivity index (χ3n) is 4.01. The van der Waals surface area contributed by atoms with Crippen LogP contribution in [-0.2, 0) is 38.0 Å². The fourth-order valence-electron chi connectivity index (χ4n) is 2.78. The summed E-state index contributed by atoms with van der Waals surface area (Å²) in [5, 5.41) is 22.4. The van der Waals surface area contributed by atoms with E-state index in [0.29, 0.717) is 24.5 Å². The molecule has 23 heavy (non-hydrogen) atoms. The fourth-order valence-corrected chi connectivity index (χ4v) is 3.58. The summed E-state index contributed by atoms with van der Waals surface area (Å²) < 4.78 is 3.72. The van der Waals surface area contributed by atoms with E-state index < -0.39 is 0 Å². The predicted molar refractivity (Wildman–Crippen MR) is 84.7 cm³/mol. The summed E-state index contributed by atoms with van der Waals surface area (Å²) >= 11 is 1.38. The first-order valence-corrected chi connectivity index (χ1v) is 8.55. The molecular formula is C14H20N6O2S. The average molecular weight is 336 g/mol. The van der Waals surface area contributed by atoms with Gasteiger partial charge in [-0.25, -0.2) is 0 Å². The van der Waals surface area contributed by atoms with Crippen molar-refractivity contribution < 1.29 is 9.90 Å². The minimum atomic E-state index is -0.0922. The third kappa shape index (κ3) is 3.11. The van der Waals surface area contributed by atoms with Gasteiger partial charge in [0.2, 0.25) is 5.91 Å². The van der Waals surface area contributed by atoms with Crippen LogP contribution < -0.4 is 0 Å². The number of hydrogen-bond donors (Lipinski definition) is 1. The minimum Gasteiger partial charge on any atom is -0.390 e. The van der Waals surface area contributed by atoms with Crippen molar-refractivity contribution in [3.8, 4) is 0 Å². The molecule has 0 bridgehead atoms. The highest BCUT2D eigenvalue weighted by Gasteiger charge is 2.26. The van der Waals surface area contributed by atoms with Crippen molar-refractivity contribution in [2.75, 3.05) is 12.3 Å². The predicted octanol–water partition coefficient (Wildman–Crippen LogP) is 0.201. The molecule has 2 aromatic rings. The van der Waals surface area contributed by atoms with Crippen LogP contribution >= 0.6 is 11.8 Å². The number of aliphatic hydroxyl groups excluding tert-OH is 1. The molecule has 3 heterocycles. The van der Waals surface area contributed by atoms with Gasteiger partial charge in [0.1, 0.15) is 6.33 Å². The first-order chi connectivity index (χ1) is 11.1. The summed E-state index contributed by atoms with van der Waals surface area (Å²) in [4.78, 5) is 14.3. The smallest absolute Gasteiger partial charge is 0.233 e. The standard InChI is InChI=1S/C14H20N6O2S/c1-3-20-12-4-5-19(6-10(12)11(7-21)17-20)13(22)8-23-14-16-15-9-18(14)2/h9,21H,3-8H2,1-2H3. The normalized spacial score (nSPS) is 14.1. The van der Waals surface area contributed by atoms with Crippen molar-refractivity contribution in [2.45, 2.75) is 38.2 Å². The maximum absolute atomic E-state index is 12.4. The largest absolute Gasteiger partial charge is 0.390 e. The van der Waals surface area contributed by atoms with Crippen molar-refractivity contribution in [3.05, 3.63) is 23.3 Å². The van der Waals surface area contributed by atoms with Gasteiger partial charge in [-0.1, -0.05) is 11.8 Å². The van der Waals surface area contributed by atoms with Crippen LogP contribution in [0, 0.1) is 0 Å². The second-order valence-electron chi connectivity index (χ2n) is 5.42. The van der Waals surface area contributed by atoms with Gasteiger partial charge in [-0.05, 0) is 6.92 Å². The Hall–Kier alpha value is -1.87. The molecule has 0 atom stereocenters. The molecule has 1 aliphatic rings. The van der Waals surface area contributed by atoms with E-state index in [2.05, 4.69) is 15.3 Å². The summed E-state index contributed by atoms with van der Waals surface area (Å²) in [6.07, 6.45) is 2.39. The monoisotopic (exact) mass is 336 g/mol. The molecule has 0 radical (unpaired) electrons. The van der Waals surface area contributed by atoms with Crippen molar-refractivity contribution >= 4 is 17.7 Å². The maximum Gasteiger partial charge on any atom is 0.233 e. The van der Waals surface area contributed by atoms with Crippen LogP contribution in [0.3, 0.4) is 0 Å². The van der Waals surface area contributed by atoms with E-state index in [1.807, 2.05) is 23.6 Å². The van der Waals surface area contributed by atoms with Crippen LogP contribution in [0.5, 0.6) is 0 Å². The summed E-state index contributed by atoms with van der Waals surface area (Å²) in [6.45, 7) is 3.91. The summed E-state index contributed by atoms with van der Waals surface area (Å²) in [6, 6.07) is 0. The van der Waals surface area contributed by atoms with E-state index in [1.54, 1.807) is 10.9 Å². The zero-order valence-electron chi connectivity index (χ0n) is 13.3. The lowest BCUT2D eigenvalue weighted by molar-refractivity contribution is -0.129. The zero-order chi connectivity index (χ0) is 16.4. The van der Waals surface area contributed by atoms with Gasteiger partial charge in [-0.2, -0.15) is 5.10 Å². The van der Waals surface area contributed by atoms with E-state index in [-0.39, 0.29) is 12.5 Å². The Morgan fingerprint density at radius 3 is 2.96 bits per heavy atom. The second-order valence-corrected chi connectivity index (χ2v) is 6.37. The molecule has 0 unspecified atom stereocenters. The van der Waals surface area contributed by atoms with Gasteiger partial charge in [-0.15, -0.1) is 10.2 Å². The van der Waals surface area contributed by atoms with Crippen molar-refractivity contribution in [1.29, 1.82) is 0 Å². The summed E-state index contributed by atoms with van der Waals surface area (Å²) in [7, 11) is 1.85. The number of aromatic nitrogens is 5. The SMILES string of the molecule is CCn1nc(CO)c2c1CCN(C(=O)CSc1nncn1C)C2. The van der Waals surface area contributed by atoms with Crippen LogP contribution in [0.25, 0.3) is 0 Å². The van der Waals surface area contributed by atoms with Gasteiger partial charge >= 0.3 is 0 Å². The molecule has 1 N–H and O–H groups in total. The Kier molecular flexibility index (Phi) is 4.67. The van der Waals surface area contributed by atoms with E-state index in [0.717, 1.165) is 29.4 Å². The van der Waals surface area contributed by atoms with E-state index >= 15 is 0 Å². The number of carbonyl (C=O) groups excluding carboxylic acids is 1. The number of fused-ring (bicyclic) bond motifs is 1. The second kappa shape index (κ2) is 6.71. The first kappa shape index (κ1) is 16.0.